The molecule has 0 spiro atoms. The lowest BCUT2D eigenvalue weighted by molar-refractivity contribution is -0.113. The van der Waals surface area contributed by atoms with Crippen LogP contribution in [0.15, 0.2) is 76.5 Å². The van der Waals surface area contributed by atoms with Gasteiger partial charge in [-0.05, 0) is 38.1 Å². The molecule has 2 heterocycles. The van der Waals surface area contributed by atoms with Crippen molar-refractivity contribution in [1.82, 2.24) is 14.8 Å². The van der Waals surface area contributed by atoms with E-state index in [1.807, 2.05) is 79.1 Å². The minimum absolute atomic E-state index is 0.147. The van der Waals surface area contributed by atoms with Crippen molar-refractivity contribution >= 4 is 23.4 Å². The number of ether oxygens (including phenoxy) is 1. The van der Waals surface area contributed by atoms with Crippen LogP contribution in [0.4, 0.5) is 5.69 Å². The molecule has 0 fully saturated rings. The summed E-state index contributed by atoms with van der Waals surface area (Å²) < 4.78 is 13.1. The number of nitrogens with one attached hydrogen (secondary N) is 1. The van der Waals surface area contributed by atoms with E-state index in [0.29, 0.717) is 29.7 Å². The fourth-order valence-corrected chi connectivity index (χ4v) is 3.92. The van der Waals surface area contributed by atoms with Crippen LogP contribution >= 0.6 is 11.8 Å². The molecular formula is C24H24N4O3S. The molecule has 0 aliphatic rings. The van der Waals surface area contributed by atoms with Crippen molar-refractivity contribution in [3.8, 4) is 17.1 Å². The molecule has 164 valence electrons. The van der Waals surface area contributed by atoms with Gasteiger partial charge in [0.2, 0.25) is 5.91 Å². The number of aromatic nitrogens is 3. The number of carbonyl (C=O) groups excluding carboxylic acids is 1. The molecule has 7 nitrogen and oxygen atoms in total. The van der Waals surface area contributed by atoms with Crippen molar-refractivity contribution in [2.75, 3.05) is 17.7 Å². The normalized spacial score (nSPS) is 10.8. The lowest BCUT2D eigenvalue weighted by Gasteiger charge is -2.11. The van der Waals surface area contributed by atoms with E-state index in [1.54, 1.807) is 6.26 Å². The number of benzene rings is 2. The van der Waals surface area contributed by atoms with Gasteiger partial charge in [-0.1, -0.05) is 53.7 Å². The average molecular weight is 449 g/mol. The zero-order valence-electron chi connectivity index (χ0n) is 17.9. The van der Waals surface area contributed by atoms with Gasteiger partial charge in [-0.15, -0.1) is 10.2 Å². The van der Waals surface area contributed by atoms with E-state index in [1.165, 1.54) is 17.3 Å². The third kappa shape index (κ3) is 5.20. The minimum Gasteiger partial charge on any atom is -0.492 e. The average Bonchev–Trinajstić information content (AvgIpc) is 3.45. The Morgan fingerprint density at radius 1 is 1.09 bits per heavy atom. The monoisotopic (exact) mass is 448 g/mol. The molecule has 0 unspecified atom stereocenters. The Labute approximate surface area is 190 Å². The number of furan rings is 1. The lowest BCUT2D eigenvalue weighted by Crippen LogP contribution is -2.15. The molecule has 0 saturated heterocycles. The minimum atomic E-state index is -0.147. The number of anilines is 1. The van der Waals surface area contributed by atoms with Crippen LogP contribution in [-0.2, 0) is 11.3 Å². The zero-order chi connectivity index (χ0) is 22.3. The maximum atomic E-state index is 12.6. The second kappa shape index (κ2) is 10.2. The van der Waals surface area contributed by atoms with E-state index in [-0.39, 0.29) is 11.7 Å². The Morgan fingerprint density at radius 2 is 1.91 bits per heavy atom. The molecule has 4 rings (SSSR count). The first-order chi connectivity index (χ1) is 15.6. The molecule has 0 bridgehead atoms. The van der Waals surface area contributed by atoms with Crippen LogP contribution in [0.3, 0.4) is 0 Å². The summed E-state index contributed by atoms with van der Waals surface area (Å²) in [5.41, 5.74) is 2.78. The van der Waals surface area contributed by atoms with Gasteiger partial charge in [0.05, 0.1) is 30.9 Å². The summed E-state index contributed by atoms with van der Waals surface area (Å²) in [6.07, 6.45) is 1.64. The smallest absolute Gasteiger partial charge is 0.234 e. The van der Waals surface area contributed by atoms with E-state index < -0.39 is 0 Å². The number of rotatable bonds is 9. The summed E-state index contributed by atoms with van der Waals surface area (Å²) in [5, 5.41) is 12.3. The van der Waals surface area contributed by atoms with Crippen molar-refractivity contribution in [1.29, 1.82) is 0 Å². The van der Waals surface area contributed by atoms with E-state index in [0.717, 1.165) is 17.1 Å². The molecule has 2 aromatic heterocycles. The summed E-state index contributed by atoms with van der Waals surface area (Å²) >= 11 is 1.33. The summed E-state index contributed by atoms with van der Waals surface area (Å²) in [4.78, 5) is 12.6. The first-order valence-electron chi connectivity index (χ1n) is 10.3. The number of hydrogen-bond acceptors (Lipinski definition) is 6. The number of thioether (sulfide) groups is 1. The van der Waals surface area contributed by atoms with E-state index in [2.05, 4.69) is 15.5 Å². The molecule has 4 aromatic rings. The van der Waals surface area contributed by atoms with Gasteiger partial charge >= 0.3 is 0 Å². The molecule has 1 amide bonds. The van der Waals surface area contributed by atoms with Crippen LogP contribution < -0.4 is 10.1 Å². The molecule has 0 aliphatic heterocycles. The molecule has 2 aromatic carbocycles. The molecule has 32 heavy (non-hydrogen) atoms. The first-order valence-corrected chi connectivity index (χ1v) is 11.3. The Bertz CT molecular complexity index is 1170. The Hall–Kier alpha value is -3.52. The second-order valence-corrected chi connectivity index (χ2v) is 8.05. The summed E-state index contributed by atoms with van der Waals surface area (Å²) in [5.74, 6) is 2.20. The van der Waals surface area contributed by atoms with Crippen LogP contribution in [0.2, 0.25) is 0 Å². The quantitative estimate of drug-likeness (QED) is 0.362. The van der Waals surface area contributed by atoms with Gasteiger partial charge in [-0.25, -0.2) is 0 Å². The number of para-hydroxylation sites is 2. The highest BCUT2D eigenvalue weighted by Gasteiger charge is 2.17. The highest BCUT2D eigenvalue weighted by atomic mass is 32.2. The van der Waals surface area contributed by atoms with E-state index in [4.69, 9.17) is 9.15 Å². The predicted molar refractivity (Wildman–Crippen MR) is 125 cm³/mol. The molecule has 8 heteroatoms. The third-order valence-corrected chi connectivity index (χ3v) is 5.68. The molecule has 0 radical (unpaired) electrons. The number of aryl methyl sites for hydroxylation is 1. The van der Waals surface area contributed by atoms with Gasteiger partial charge < -0.3 is 14.5 Å². The van der Waals surface area contributed by atoms with Crippen molar-refractivity contribution < 1.29 is 13.9 Å². The van der Waals surface area contributed by atoms with Crippen LogP contribution in [0, 0.1) is 6.92 Å². The van der Waals surface area contributed by atoms with E-state index >= 15 is 0 Å². The van der Waals surface area contributed by atoms with Gasteiger partial charge in [-0.2, -0.15) is 0 Å². The van der Waals surface area contributed by atoms with Crippen molar-refractivity contribution in [3.05, 3.63) is 78.3 Å². The van der Waals surface area contributed by atoms with Crippen molar-refractivity contribution in [2.24, 2.45) is 0 Å². The standard InChI is InChI=1S/C24H24N4O3S/c1-3-30-21-9-5-4-8-20(21)25-22(29)16-32-24-27-26-23(18-12-10-17(2)11-13-18)28(24)15-19-7-6-14-31-19/h4-14H,3,15-16H2,1-2H3,(H,25,29). The van der Waals surface area contributed by atoms with Crippen molar-refractivity contribution in [2.45, 2.75) is 25.5 Å². The number of carbonyl (C=O) groups is 1. The highest BCUT2D eigenvalue weighted by molar-refractivity contribution is 7.99. The maximum Gasteiger partial charge on any atom is 0.234 e. The second-order valence-electron chi connectivity index (χ2n) is 7.10. The van der Waals surface area contributed by atoms with Crippen molar-refractivity contribution in [3.63, 3.8) is 0 Å². The molecule has 0 saturated carbocycles. The fourth-order valence-electron chi connectivity index (χ4n) is 3.18. The lowest BCUT2D eigenvalue weighted by atomic mass is 10.1. The van der Waals surface area contributed by atoms with Crippen LogP contribution in [0.5, 0.6) is 5.75 Å². The highest BCUT2D eigenvalue weighted by Crippen LogP contribution is 2.27. The fraction of sp³-hybridized carbons (Fsp3) is 0.208. The third-order valence-electron chi connectivity index (χ3n) is 4.71. The van der Waals surface area contributed by atoms with Gasteiger partial charge in [0.15, 0.2) is 11.0 Å². The largest absolute Gasteiger partial charge is 0.492 e. The Balaban J connectivity index is 1.52. The number of hydrogen-bond donors (Lipinski definition) is 1. The number of amides is 1. The topological polar surface area (TPSA) is 82.2 Å². The zero-order valence-corrected chi connectivity index (χ0v) is 18.8. The summed E-state index contributed by atoms with van der Waals surface area (Å²) in [6, 6.07) is 19.3. The van der Waals surface area contributed by atoms with Gasteiger partial charge in [0.1, 0.15) is 11.5 Å². The first kappa shape index (κ1) is 21.7. The molecule has 1 N–H and O–H groups in total. The van der Waals surface area contributed by atoms with Gasteiger partial charge in [-0.3, -0.25) is 9.36 Å². The van der Waals surface area contributed by atoms with Crippen LogP contribution in [0.25, 0.3) is 11.4 Å². The summed E-state index contributed by atoms with van der Waals surface area (Å²) in [7, 11) is 0. The number of nitrogens with zero attached hydrogens (tertiary/aromatic N) is 3. The molecular weight excluding hydrogens is 424 g/mol. The van der Waals surface area contributed by atoms with Crippen LogP contribution in [0.1, 0.15) is 18.2 Å². The van der Waals surface area contributed by atoms with Gasteiger partial charge in [0.25, 0.3) is 0 Å². The SMILES string of the molecule is CCOc1ccccc1NC(=O)CSc1nnc(-c2ccc(C)cc2)n1Cc1ccco1. The Kier molecular flexibility index (Phi) is 6.91. The predicted octanol–water partition coefficient (Wildman–Crippen LogP) is 5.02. The molecule has 0 aliphatic carbocycles. The van der Waals surface area contributed by atoms with Gasteiger partial charge in [0, 0.05) is 5.56 Å². The van der Waals surface area contributed by atoms with E-state index in [9.17, 15) is 4.79 Å². The molecule has 0 atom stereocenters. The Morgan fingerprint density at radius 3 is 2.66 bits per heavy atom. The van der Waals surface area contributed by atoms with Crippen LogP contribution in [-0.4, -0.2) is 33.0 Å². The summed E-state index contributed by atoms with van der Waals surface area (Å²) in [6.45, 7) is 4.95. The maximum absolute atomic E-state index is 12.6.